The molecule has 0 aliphatic carbocycles. The molecule has 37 heavy (non-hydrogen) atoms. The first kappa shape index (κ1) is 25.8. The summed E-state index contributed by atoms with van der Waals surface area (Å²) < 4.78 is 33.8. The number of hydrogen-bond donors (Lipinski definition) is 2. The number of anilines is 1. The number of benzene rings is 2. The molecule has 1 aliphatic rings. The van der Waals surface area contributed by atoms with Crippen LogP contribution in [0.2, 0.25) is 0 Å². The number of para-hydroxylation sites is 3. The maximum atomic E-state index is 13.1. The van der Waals surface area contributed by atoms with Crippen molar-refractivity contribution in [3.8, 4) is 0 Å². The Morgan fingerprint density at radius 2 is 1.70 bits per heavy atom. The highest BCUT2D eigenvalue weighted by Gasteiger charge is 2.24. The van der Waals surface area contributed by atoms with Crippen molar-refractivity contribution in [1.29, 1.82) is 0 Å². The maximum Gasteiger partial charge on any atom is 0.326 e. The third kappa shape index (κ3) is 5.30. The Bertz CT molecular complexity index is 1570. The number of carboxylic acid groups (broad SMARTS) is 1. The predicted octanol–water partition coefficient (Wildman–Crippen LogP) is 5.53. The van der Waals surface area contributed by atoms with E-state index >= 15 is 0 Å². The molecule has 0 spiro atoms. The van der Waals surface area contributed by atoms with E-state index < -0.39 is 12.2 Å². The lowest BCUT2D eigenvalue weighted by Crippen LogP contribution is -2.20. The molecule has 11 heteroatoms. The van der Waals surface area contributed by atoms with Gasteiger partial charge < -0.3 is 19.4 Å². The van der Waals surface area contributed by atoms with Gasteiger partial charge in [0.1, 0.15) is 11.1 Å². The summed E-state index contributed by atoms with van der Waals surface area (Å²) in [7, 11) is 0. The van der Waals surface area contributed by atoms with E-state index in [1.165, 1.54) is 0 Å². The number of hydrogen-bond acceptors (Lipinski definition) is 6. The van der Waals surface area contributed by atoms with Gasteiger partial charge in [0.25, 0.3) is 12.9 Å². The zero-order valence-corrected chi connectivity index (χ0v) is 20.4. The summed E-state index contributed by atoms with van der Waals surface area (Å²) in [6.45, 7) is 5.38. The molecule has 0 atom stereocenters. The molecule has 4 heterocycles. The van der Waals surface area contributed by atoms with Gasteiger partial charge >= 0.3 is 5.69 Å². The average Bonchev–Trinajstić information content (AvgIpc) is 3.61. The van der Waals surface area contributed by atoms with Crippen LogP contribution in [0, 0.1) is 0 Å². The van der Waals surface area contributed by atoms with Crippen LogP contribution in [0.1, 0.15) is 45.0 Å². The molecule has 1 saturated heterocycles. The first-order valence-electron chi connectivity index (χ1n) is 11.8. The largest absolute Gasteiger partial charge is 0.483 e. The van der Waals surface area contributed by atoms with E-state index in [9.17, 15) is 13.6 Å². The summed E-state index contributed by atoms with van der Waals surface area (Å²) >= 11 is 0. The van der Waals surface area contributed by atoms with Gasteiger partial charge in [-0.3, -0.25) is 9.36 Å². The van der Waals surface area contributed by atoms with Crippen LogP contribution in [0.4, 0.5) is 14.6 Å². The number of rotatable bonds is 3. The number of halogens is 2. The van der Waals surface area contributed by atoms with Crippen LogP contribution in [-0.4, -0.2) is 44.2 Å². The Morgan fingerprint density at radius 3 is 2.38 bits per heavy atom. The van der Waals surface area contributed by atoms with Gasteiger partial charge in [-0.2, -0.15) is 0 Å². The topological polar surface area (TPSA) is 117 Å². The van der Waals surface area contributed by atoms with Gasteiger partial charge in [-0.05, 0) is 51.0 Å². The van der Waals surface area contributed by atoms with Crippen molar-refractivity contribution in [3.63, 3.8) is 0 Å². The fourth-order valence-electron chi connectivity index (χ4n) is 4.42. The number of aromatic amines is 1. The lowest BCUT2D eigenvalue weighted by Gasteiger charge is -2.16. The Hall–Kier alpha value is -4.28. The summed E-state index contributed by atoms with van der Waals surface area (Å²) in [6.07, 6.45) is -0.615. The van der Waals surface area contributed by atoms with Crippen LogP contribution < -0.4 is 10.6 Å². The van der Waals surface area contributed by atoms with Crippen LogP contribution in [0.25, 0.3) is 33.1 Å². The van der Waals surface area contributed by atoms with Gasteiger partial charge in [0, 0.05) is 24.5 Å². The number of carbonyl (C=O) groups is 1. The number of imidazole rings is 1. The van der Waals surface area contributed by atoms with E-state index in [0.717, 1.165) is 42.4 Å². The minimum atomic E-state index is -2.69. The molecule has 9 nitrogen and oxygen atoms in total. The molecule has 5 aromatic rings. The third-order valence-electron chi connectivity index (χ3n) is 5.96. The van der Waals surface area contributed by atoms with Gasteiger partial charge in [0.05, 0.1) is 11.0 Å². The molecule has 6 rings (SSSR count). The van der Waals surface area contributed by atoms with Gasteiger partial charge in [-0.25, -0.2) is 23.5 Å². The van der Waals surface area contributed by atoms with Crippen molar-refractivity contribution in [2.24, 2.45) is 0 Å². The SMILES string of the molecule is CC(C)n1c(=O)[nH]c2ccccc21.FC(F)c1nc(N2CCCC2)c2oc3ccccc3c2n1.O=CO. The summed E-state index contributed by atoms with van der Waals surface area (Å²) in [5.74, 6) is 0.0555. The van der Waals surface area contributed by atoms with Gasteiger partial charge in [0.2, 0.25) is 0 Å². The quantitative estimate of drug-likeness (QED) is 0.306. The smallest absolute Gasteiger partial charge is 0.326 e. The molecule has 0 bridgehead atoms. The normalized spacial score (nSPS) is 13.2. The number of aromatic nitrogens is 4. The van der Waals surface area contributed by atoms with Crippen LogP contribution >= 0.6 is 0 Å². The molecule has 2 N–H and O–H groups in total. The van der Waals surface area contributed by atoms with E-state index in [1.807, 2.05) is 67.3 Å². The molecule has 1 fully saturated rings. The number of nitrogens with one attached hydrogen (secondary N) is 1. The first-order chi connectivity index (χ1) is 17.8. The van der Waals surface area contributed by atoms with Gasteiger partial charge in [0.15, 0.2) is 17.2 Å². The molecular formula is C26H27F2N5O4. The highest BCUT2D eigenvalue weighted by Crippen LogP contribution is 2.35. The highest BCUT2D eigenvalue weighted by atomic mass is 19.3. The lowest BCUT2D eigenvalue weighted by atomic mass is 10.2. The number of H-pyrrole nitrogens is 1. The first-order valence-corrected chi connectivity index (χ1v) is 11.8. The summed E-state index contributed by atoms with van der Waals surface area (Å²) in [4.78, 5) is 32.7. The van der Waals surface area contributed by atoms with E-state index in [4.69, 9.17) is 14.3 Å². The lowest BCUT2D eigenvalue weighted by molar-refractivity contribution is -0.122. The maximum absolute atomic E-state index is 13.1. The monoisotopic (exact) mass is 511 g/mol. The zero-order chi connectivity index (χ0) is 26.5. The van der Waals surface area contributed by atoms with Crippen molar-refractivity contribution < 1.29 is 23.1 Å². The Morgan fingerprint density at radius 1 is 1.05 bits per heavy atom. The predicted molar refractivity (Wildman–Crippen MR) is 137 cm³/mol. The van der Waals surface area contributed by atoms with Crippen molar-refractivity contribution in [3.05, 3.63) is 64.8 Å². The van der Waals surface area contributed by atoms with Crippen molar-refractivity contribution >= 4 is 45.4 Å². The number of nitrogens with zero attached hydrogens (tertiary/aromatic N) is 4. The van der Waals surface area contributed by atoms with E-state index in [1.54, 1.807) is 4.57 Å². The summed E-state index contributed by atoms with van der Waals surface area (Å²) in [6, 6.07) is 15.3. The number of fused-ring (bicyclic) bond motifs is 4. The Labute approximate surface area is 210 Å². The fourth-order valence-corrected chi connectivity index (χ4v) is 4.42. The second-order valence-corrected chi connectivity index (χ2v) is 8.69. The second kappa shape index (κ2) is 11.2. The minimum absolute atomic E-state index is 0.0313. The van der Waals surface area contributed by atoms with E-state index in [-0.39, 0.29) is 18.2 Å². The molecule has 0 unspecified atom stereocenters. The Balaban J connectivity index is 0.000000171. The van der Waals surface area contributed by atoms with E-state index in [0.29, 0.717) is 22.5 Å². The van der Waals surface area contributed by atoms with Crippen molar-refractivity contribution in [2.45, 2.75) is 39.2 Å². The standard InChI is InChI=1S/C15H13F2N3O.C10H12N2O.CH2O2/c16-13(17)14-18-11-9-5-1-2-6-10(9)21-12(11)15(19-14)20-7-3-4-8-20;1-7(2)12-9-6-4-3-5-8(9)11-10(12)13;2-1-3/h1-2,5-6,13H,3-4,7-8H2;3-7H,1-2H3,(H,11,13);1H,(H,2,3). The average molecular weight is 512 g/mol. The van der Waals surface area contributed by atoms with Crippen LogP contribution in [0.5, 0.6) is 0 Å². The van der Waals surface area contributed by atoms with Crippen LogP contribution in [0.3, 0.4) is 0 Å². The molecular weight excluding hydrogens is 484 g/mol. The number of alkyl halides is 2. The molecule has 0 amide bonds. The Kier molecular flexibility index (Phi) is 7.80. The molecule has 0 radical (unpaired) electrons. The molecule has 3 aromatic heterocycles. The van der Waals surface area contributed by atoms with Crippen molar-refractivity contribution in [1.82, 2.24) is 19.5 Å². The molecule has 0 saturated carbocycles. The number of furan rings is 1. The molecule has 194 valence electrons. The third-order valence-corrected chi connectivity index (χ3v) is 5.96. The second-order valence-electron chi connectivity index (χ2n) is 8.69. The molecule has 2 aromatic carbocycles. The minimum Gasteiger partial charge on any atom is -0.483 e. The zero-order valence-electron chi connectivity index (χ0n) is 20.4. The fraction of sp³-hybridized carbons (Fsp3) is 0.308. The van der Waals surface area contributed by atoms with Crippen molar-refractivity contribution in [2.75, 3.05) is 18.0 Å². The van der Waals surface area contributed by atoms with E-state index in [2.05, 4.69) is 15.0 Å². The van der Waals surface area contributed by atoms with Gasteiger partial charge in [-0.15, -0.1) is 0 Å². The molecule has 1 aliphatic heterocycles. The van der Waals surface area contributed by atoms with Crippen LogP contribution in [-0.2, 0) is 4.79 Å². The highest BCUT2D eigenvalue weighted by molar-refractivity contribution is 6.05. The summed E-state index contributed by atoms with van der Waals surface area (Å²) in [5.41, 5.74) is 3.47. The summed E-state index contributed by atoms with van der Waals surface area (Å²) in [5, 5.41) is 7.64. The van der Waals surface area contributed by atoms with Crippen LogP contribution in [0.15, 0.2) is 57.7 Å². The van der Waals surface area contributed by atoms with Gasteiger partial charge in [-0.1, -0.05) is 24.3 Å².